The van der Waals surface area contributed by atoms with Gasteiger partial charge in [-0.25, -0.2) is 0 Å². The maximum Gasteiger partial charge on any atom is 0.277 e. The Morgan fingerprint density at radius 3 is 2.24 bits per heavy atom. The average molecular weight is 351 g/mol. The average Bonchev–Trinajstić information content (AvgIpc) is 2.62. The van der Waals surface area contributed by atoms with Crippen LogP contribution < -0.4 is 10.6 Å². The predicted octanol–water partition coefficient (Wildman–Crippen LogP) is 3.87. The molecule has 0 aliphatic rings. The van der Waals surface area contributed by atoms with Gasteiger partial charge in [-0.1, -0.05) is 36.4 Å². The first-order valence-corrected chi connectivity index (χ1v) is 7.80. The molecular weight excluding hydrogens is 338 g/mol. The maximum atomic E-state index is 12.1. The van der Waals surface area contributed by atoms with Gasteiger partial charge in [-0.3, -0.25) is 20.2 Å². The molecule has 0 heterocycles. The number of hydrogen-bond donors (Lipinski definition) is 2. The van der Waals surface area contributed by atoms with Crippen LogP contribution in [-0.2, 0) is 0 Å². The highest BCUT2D eigenvalue weighted by molar-refractivity contribution is 7.80. The van der Waals surface area contributed by atoms with E-state index in [2.05, 4.69) is 10.6 Å². The number of anilines is 1. The third-order valence-corrected chi connectivity index (χ3v) is 3.81. The number of rotatable bonds is 3. The zero-order valence-corrected chi connectivity index (χ0v) is 13.7. The Kier molecular flexibility index (Phi) is 4.67. The molecule has 3 aromatic carbocycles. The van der Waals surface area contributed by atoms with Crippen LogP contribution in [0.1, 0.15) is 10.4 Å². The Labute approximate surface area is 148 Å². The molecular formula is C18H13N3O3S. The van der Waals surface area contributed by atoms with E-state index < -0.39 is 4.92 Å². The van der Waals surface area contributed by atoms with Crippen LogP contribution in [0.2, 0.25) is 0 Å². The van der Waals surface area contributed by atoms with Crippen molar-refractivity contribution in [2.24, 2.45) is 0 Å². The summed E-state index contributed by atoms with van der Waals surface area (Å²) in [5.74, 6) is -0.329. The molecule has 0 bridgehead atoms. The summed E-state index contributed by atoms with van der Waals surface area (Å²) < 4.78 is 0. The van der Waals surface area contributed by atoms with Crippen LogP contribution in [-0.4, -0.2) is 15.9 Å². The minimum Gasteiger partial charge on any atom is -0.332 e. The topological polar surface area (TPSA) is 84.3 Å². The van der Waals surface area contributed by atoms with Gasteiger partial charge >= 0.3 is 0 Å². The summed E-state index contributed by atoms with van der Waals surface area (Å²) in [6, 6.07) is 18.6. The van der Waals surface area contributed by atoms with Gasteiger partial charge in [-0.15, -0.1) is 0 Å². The molecule has 25 heavy (non-hydrogen) atoms. The van der Waals surface area contributed by atoms with Crippen molar-refractivity contribution in [1.29, 1.82) is 0 Å². The summed E-state index contributed by atoms with van der Waals surface area (Å²) in [7, 11) is 0. The molecule has 0 saturated heterocycles. The molecule has 1 amide bonds. The number of carbonyl (C=O) groups is 1. The van der Waals surface area contributed by atoms with Crippen LogP contribution in [0.4, 0.5) is 11.4 Å². The lowest BCUT2D eigenvalue weighted by Gasteiger charge is -2.12. The van der Waals surface area contributed by atoms with Gasteiger partial charge in [0.05, 0.1) is 10.3 Å². The zero-order valence-electron chi connectivity index (χ0n) is 12.9. The highest BCUT2D eigenvalue weighted by atomic mass is 32.1. The van der Waals surface area contributed by atoms with Crippen LogP contribution >= 0.6 is 12.2 Å². The second-order valence-electron chi connectivity index (χ2n) is 5.21. The van der Waals surface area contributed by atoms with Crippen molar-refractivity contribution < 1.29 is 9.72 Å². The summed E-state index contributed by atoms with van der Waals surface area (Å²) in [4.78, 5) is 22.8. The summed E-state index contributed by atoms with van der Waals surface area (Å²) in [5, 5.41) is 17.9. The molecule has 6 nitrogen and oxygen atoms in total. The predicted molar refractivity (Wildman–Crippen MR) is 101 cm³/mol. The first-order valence-electron chi connectivity index (χ1n) is 7.40. The monoisotopic (exact) mass is 351 g/mol. The minimum absolute atomic E-state index is 0.0142. The lowest BCUT2D eigenvalue weighted by molar-refractivity contribution is -0.383. The minimum atomic E-state index is -0.429. The number of hydrogen-bond acceptors (Lipinski definition) is 4. The molecule has 124 valence electrons. The van der Waals surface area contributed by atoms with Crippen LogP contribution in [0.3, 0.4) is 0 Å². The fraction of sp³-hybridized carbons (Fsp3) is 0. The first kappa shape index (κ1) is 16.5. The third-order valence-electron chi connectivity index (χ3n) is 3.61. The van der Waals surface area contributed by atoms with E-state index in [1.54, 1.807) is 54.6 Å². The first-order chi connectivity index (χ1) is 12.1. The number of fused-ring (bicyclic) bond motifs is 1. The van der Waals surface area contributed by atoms with Crippen LogP contribution in [0.5, 0.6) is 0 Å². The molecule has 0 unspecified atom stereocenters. The molecule has 0 aliphatic carbocycles. The molecule has 0 atom stereocenters. The SMILES string of the molecule is O=C(NC(=S)Nc1ccc([N+](=O)[O-])c2ccccc12)c1ccccc1. The number of nitrogens with zero attached hydrogens (tertiary/aromatic N) is 1. The molecule has 0 aromatic heterocycles. The fourth-order valence-corrected chi connectivity index (χ4v) is 2.67. The number of non-ortho nitro benzene ring substituents is 1. The Hall–Kier alpha value is -3.32. The van der Waals surface area contributed by atoms with Gasteiger partial charge in [0, 0.05) is 22.7 Å². The molecule has 7 heteroatoms. The van der Waals surface area contributed by atoms with Gasteiger partial charge in [-0.05, 0) is 36.5 Å². The largest absolute Gasteiger partial charge is 0.332 e. The normalized spacial score (nSPS) is 10.2. The van der Waals surface area contributed by atoms with Gasteiger partial charge in [0.1, 0.15) is 0 Å². The Bertz CT molecular complexity index is 974. The highest BCUT2D eigenvalue weighted by Crippen LogP contribution is 2.31. The van der Waals surface area contributed by atoms with Crippen molar-refractivity contribution in [2.75, 3.05) is 5.32 Å². The third kappa shape index (κ3) is 3.61. The van der Waals surface area contributed by atoms with Crippen LogP contribution in [0.25, 0.3) is 10.8 Å². The van der Waals surface area contributed by atoms with E-state index in [0.717, 1.165) is 0 Å². The van der Waals surface area contributed by atoms with E-state index in [1.165, 1.54) is 6.07 Å². The molecule has 3 aromatic rings. The smallest absolute Gasteiger partial charge is 0.277 e. The number of nitrogens with one attached hydrogen (secondary N) is 2. The second kappa shape index (κ2) is 7.06. The van der Waals surface area contributed by atoms with Crippen molar-refractivity contribution in [3.05, 3.63) is 82.4 Å². The summed E-state index contributed by atoms with van der Waals surface area (Å²) in [6.07, 6.45) is 0. The molecule has 0 spiro atoms. The van der Waals surface area contributed by atoms with Crippen LogP contribution in [0, 0.1) is 10.1 Å². The van der Waals surface area contributed by atoms with E-state index in [9.17, 15) is 14.9 Å². The number of amides is 1. The summed E-state index contributed by atoms with van der Waals surface area (Å²) in [6.45, 7) is 0. The maximum absolute atomic E-state index is 12.1. The van der Waals surface area contributed by atoms with E-state index in [4.69, 9.17) is 12.2 Å². The van der Waals surface area contributed by atoms with Gasteiger partial charge in [0.25, 0.3) is 11.6 Å². The van der Waals surface area contributed by atoms with Crippen molar-refractivity contribution in [3.8, 4) is 0 Å². The number of nitro groups is 1. The lowest BCUT2D eigenvalue weighted by atomic mass is 10.1. The standard InChI is InChI=1S/C18H13N3O3S/c22-17(12-6-2-1-3-7-12)20-18(25)19-15-10-11-16(21(23)24)14-9-5-4-8-13(14)15/h1-11H,(H2,19,20,22,25). The fourth-order valence-electron chi connectivity index (χ4n) is 2.47. The van der Waals surface area contributed by atoms with Gasteiger partial charge in [0.15, 0.2) is 5.11 Å². The molecule has 0 fully saturated rings. The Balaban J connectivity index is 1.83. The van der Waals surface area contributed by atoms with Gasteiger partial charge in [0.2, 0.25) is 0 Å². The molecule has 0 radical (unpaired) electrons. The van der Waals surface area contributed by atoms with E-state index in [1.807, 2.05) is 6.07 Å². The van der Waals surface area contributed by atoms with E-state index in [0.29, 0.717) is 22.0 Å². The van der Waals surface area contributed by atoms with E-state index in [-0.39, 0.29) is 16.7 Å². The Morgan fingerprint density at radius 1 is 0.920 bits per heavy atom. The number of thiocarbonyl (C=S) groups is 1. The lowest BCUT2D eigenvalue weighted by Crippen LogP contribution is -2.34. The van der Waals surface area contributed by atoms with Crippen molar-refractivity contribution in [3.63, 3.8) is 0 Å². The van der Waals surface area contributed by atoms with Gasteiger partial charge in [-0.2, -0.15) is 0 Å². The zero-order chi connectivity index (χ0) is 17.8. The van der Waals surface area contributed by atoms with E-state index >= 15 is 0 Å². The molecule has 0 aliphatic heterocycles. The summed E-state index contributed by atoms with van der Waals surface area (Å²) >= 11 is 5.18. The summed E-state index contributed by atoms with van der Waals surface area (Å²) in [5.41, 5.74) is 1.08. The highest BCUT2D eigenvalue weighted by Gasteiger charge is 2.15. The van der Waals surface area contributed by atoms with Crippen molar-refractivity contribution in [1.82, 2.24) is 5.32 Å². The number of carbonyl (C=O) groups excluding carboxylic acids is 1. The second-order valence-corrected chi connectivity index (χ2v) is 5.62. The van der Waals surface area contributed by atoms with Crippen molar-refractivity contribution in [2.45, 2.75) is 0 Å². The molecule has 3 rings (SSSR count). The van der Waals surface area contributed by atoms with Crippen LogP contribution in [0.15, 0.2) is 66.7 Å². The number of benzene rings is 3. The van der Waals surface area contributed by atoms with Gasteiger partial charge < -0.3 is 5.32 Å². The quantitative estimate of drug-likeness (QED) is 0.425. The Morgan fingerprint density at radius 2 is 1.56 bits per heavy atom. The molecule has 2 N–H and O–H groups in total. The molecule has 0 saturated carbocycles. The number of nitro benzene ring substituents is 1. The van der Waals surface area contributed by atoms with Crippen molar-refractivity contribution >= 4 is 45.4 Å².